The van der Waals surface area contributed by atoms with E-state index in [4.69, 9.17) is 15.0 Å². The van der Waals surface area contributed by atoms with Gasteiger partial charge in [-0.2, -0.15) is 0 Å². The minimum Gasteiger partial charge on any atom is -0.481 e. The van der Waals surface area contributed by atoms with Crippen LogP contribution in [0.4, 0.5) is 0 Å². The van der Waals surface area contributed by atoms with Gasteiger partial charge in [0.25, 0.3) is 5.97 Å². The van der Waals surface area contributed by atoms with Gasteiger partial charge in [0.1, 0.15) is 0 Å². The third-order valence-corrected chi connectivity index (χ3v) is 2.33. The first-order chi connectivity index (χ1) is 7.43. The van der Waals surface area contributed by atoms with Crippen molar-refractivity contribution in [1.82, 2.24) is 0 Å². The van der Waals surface area contributed by atoms with Crippen molar-refractivity contribution in [3.8, 4) is 0 Å². The van der Waals surface area contributed by atoms with Crippen molar-refractivity contribution < 1.29 is 15.0 Å². The van der Waals surface area contributed by atoms with Crippen molar-refractivity contribution in [3.05, 3.63) is 11.6 Å². The second-order valence-corrected chi connectivity index (χ2v) is 4.12. The Morgan fingerprint density at radius 1 is 1.31 bits per heavy atom. The molecule has 0 aliphatic carbocycles. The second-order valence-electron chi connectivity index (χ2n) is 4.12. The van der Waals surface area contributed by atoms with E-state index < -0.39 is 5.97 Å². The average molecular weight is 230 g/mol. The molecule has 96 valence electrons. The molecule has 0 aromatic heterocycles. The lowest BCUT2D eigenvalue weighted by atomic mass is 10.0. The smallest absolute Gasteiger partial charge is 0.300 e. The van der Waals surface area contributed by atoms with Crippen molar-refractivity contribution in [2.45, 2.75) is 53.4 Å². The fourth-order valence-electron chi connectivity index (χ4n) is 1.12. The predicted octanol–water partition coefficient (Wildman–Crippen LogP) is 3.23. The topological polar surface area (TPSA) is 57.5 Å². The number of aliphatic hydroxyl groups excluding tert-OH is 1. The van der Waals surface area contributed by atoms with Gasteiger partial charge in [0.05, 0.1) is 0 Å². The van der Waals surface area contributed by atoms with Crippen molar-refractivity contribution in [3.63, 3.8) is 0 Å². The Bertz CT molecular complexity index is 193. The van der Waals surface area contributed by atoms with Gasteiger partial charge in [-0.3, -0.25) is 4.79 Å². The Hall–Kier alpha value is -0.830. The highest BCUT2D eigenvalue weighted by Gasteiger charge is 1.98. The fourth-order valence-corrected chi connectivity index (χ4v) is 1.12. The number of allylic oxidation sites excluding steroid dienone is 2. The summed E-state index contributed by atoms with van der Waals surface area (Å²) in [7, 11) is 0. The molecule has 0 aromatic rings. The van der Waals surface area contributed by atoms with Gasteiger partial charge in [0.15, 0.2) is 0 Å². The maximum absolute atomic E-state index is 9.00. The lowest BCUT2D eigenvalue weighted by Crippen LogP contribution is -1.96. The molecule has 16 heavy (non-hydrogen) atoms. The molecule has 0 saturated heterocycles. The zero-order chi connectivity index (χ0) is 13.0. The van der Waals surface area contributed by atoms with E-state index in [9.17, 15) is 0 Å². The van der Waals surface area contributed by atoms with E-state index in [1.807, 2.05) is 0 Å². The SMILES string of the molecule is CC(=O)O.CCC(C)=CCCC(C)CCO. The maximum atomic E-state index is 9.00. The summed E-state index contributed by atoms with van der Waals surface area (Å²) >= 11 is 0. The van der Waals surface area contributed by atoms with Crippen LogP contribution in [0.2, 0.25) is 0 Å². The van der Waals surface area contributed by atoms with Gasteiger partial charge in [-0.25, -0.2) is 0 Å². The van der Waals surface area contributed by atoms with Crippen molar-refractivity contribution in [1.29, 1.82) is 0 Å². The summed E-state index contributed by atoms with van der Waals surface area (Å²) in [4.78, 5) is 9.00. The quantitative estimate of drug-likeness (QED) is 0.689. The summed E-state index contributed by atoms with van der Waals surface area (Å²) in [5.74, 6) is -0.170. The Kier molecular flexibility index (Phi) is 13.4. The Morgan fingerprint density at radius 3 is 2.19 bits per heavy atom. The standard InChI is InChI=1S/C11H22O.C2H4O2/c1-4-10(2)6-5-7-11(3)8-9-12;1-2(3)4/h6,11-12H,4-5,7-9H2,1-3H3;1H3,(H,3,4). The number of carboxylic acids is 1. The van der Waals surface area contributed by atoms with Crippen LogP contribution in [-0.4, -0.2) is 22.8 Å². The van der Waals surface area contributed by atoms with Crippen LogP contribution in [0.3, 0.4) is 0 Å². The van der Waals surface area contributed by atoms with E-state index in [0.29, 0.717) is 12.5 Å². The number of carbonyl (C=O) groups is 1. The lowest BCUT2D eigenvalue weighted by Gasteiger charge is -2.06. The van der Waals surface area contributed by atoms with E-state index in [1.165, 1.54) is 18.4 Å². The Balaban J connectivity index is 0. The molecule has 0 aromatic carbocycles. The predicted molar refractivity (Wildman–Crippen MR) is 67.5 cm³/mol. The number of aliphatic carboxylic acids is 1. The molecule has 2 N–H and O–H groups in total. The van der Waals surface area contributed by atoms with Crippen molar-refractivity contribution in [2.24, 2.45) is 5.92 Å². The number of hydrogen-bond donors (Lipinski definition) is 2. The van der Waals surface area contributed by atoms with E-state index in [-0.39, 0.29) is 0 Å². The van der Waals surface area contributed by atoms with Gasteiger partial charge in [-0.1, -0.05) is 25.5 Å². The molecule has 3 heteroatoms. The van der Waals surface area contributed by atoms with Crippen LogP contribution in [0.15, 0.2) is 11.6 Å². The van der Waals surface area contributed by atoms with E-state index in [0.717, 1.165) is 19.8 Å². The molecule has 0 rings (SSSR count). The Morgan fingerprint density at radius 2 is 1.81 bits per heavy atom. The zero-order valence-corrected chi connectivity index (χ0v) is 11.0. The monoisotopic (exact) mass is 230 g/mol. The first-order valence-corrected chi connectivity index (χ1v) is 5.90. The highest BCUT2D eigenvalue weighted by Crippen LogP contribution is 2.11. The van der Waals surface area contributed by atoms with Crippen LogP contribution < -0.4 is 0 Å². The van der Waals surface area contributed by atoms with Gasteiger partial charge in [0, 0.05) is 13.5 Å². The molecule has 0 fully saturated rings. The normalized spacial score (nSPS) is 12.7. The van der Waals surface area contributed by atoms with Crippen LogP contribution in [-0.2, 0) is 4.79 Å². The van der Waals surface area contributed by atoms with Gasteiger partial charge < -0.3 is 10.2 Å². The van der Waals surface area contributed by atoms with E-state index in [2.05, 4.69) is 26.8 Å². The lowest BCUT2D eigenvalue weighted by molar-refractivity contribution is -0.134. The second kappa shape index (κ2) is 12.2. The molecule has 1 unspecified atom stereocenters. The molecule has 0 bridgehead atoms. The third-order valence-electron chi connectivity index (χ3n) is 2.33. The van der Waals surface area contributed by atoms with Crippen molar-refractivity contribution in [2.75, 3.05) is 6.61 Å². The largest absolute Gasteiger partial charge is 0.481 e. The molecule has 0 spiro atoms. The minimum atomic E-state index is -0.833. The van der Waals surface area contributed by atoms with Crippen LogP contribution >= 0.6 is 0 Å². The van der Waals surface area contributed by atoms with Crippen LogP contribution in [0.1, 0.15) is 53.4 Å². The number of hydrogen-bond acceptors (Lipinski definition) is 2. The van der Waals surface area contributed by atoms with Crippen LogP contribution in [0, 0.1) is 5.92 Å². The molecular formula is C13H26O3. The summed E-state index contributed by atoms with van der Waals surface area (Å²) in [6, 6.07) is 0. The first-order valence-electron chi connectivity index (χ1n) is 5.90. The molecule has 0 heterocycles. The molecule has 0 aliphatic heterocycles. The molecule has 3 nitrogen and oxygen atoms in total. The summed E-state index contributed by atoms with van der Waals surface area (Å²) < 4.78 is 0. The van der Waals surface area contributed by atoms with E-state index >= 15 is 0 Å². The van der Waals surface area contributed by atoms with Crippen molar-refractivity contribution >= 4 is 5.97 Å². The third kappa shape index (κ3) is 18.9. The number of rotatable bonds is 6. The summed E-state index contributed by atoms with van der Waals surface area (Å²) in [5.41, 5.74) is 1.48. The Labute approximate surface area is 99.2 Å². The van der Waals surface area contributed by atoms with Gasteiger partial charge >= 0.3 is 0 Å². The summed E-state index contributed by atoms with van der Waals surface area (Å²) in [6.45, 7) is 7.97. The summed E-state index contributed by atoms with van der Waals surface area (Å²) in [6.07, 6.45) is 6.79. The fraction of sp³-hybridized carbons (Fsp3) is 0.769. The van der Waals surface area contributed by atoms with Gasteiger partial charge in [0.2, 0.25) is 0 Å². The molecule has 1 atom stereocenters. The minimum absolute atomic E-state index is 0.331. The molecular weight excluding hydrogens is 204 g/mol. The zero-order valence-electron chi connectivity index (χ0n) is 11.0. The number of aliphatic hydroxyl groups is 1. The molecule has 0 aliphatic rings. The number of carboxylic acid groups (broad SMARTS) is 1. The van der Waals surface area contributed by atoms with Crippen LogP contribution in [0.25, 0.3) is 0 Å². The molecule has 0 radical (unpaired) electrons. The highest BCUT2D eigenvalue weighted by molar-refractivity contribution is 5.62. The van der Waals surface area contributed by atoms with E-state index in [1.54, 1.807) is 0 Å². The summed E-state index contributed by atoms with van der Waals surface area (Å²) in [5, 5.41) is 16.1. The van der Waals surface area contributed by atoms with Gasteiger partial charge in [-0.15, -0.1) is 0 Å². The maximum Gasteiger partial charge on any atom is 0.300 e. The molecule has 0 saturated carbocycles. The first kappa shape index (κ1) is 17.6. The molecule has 0 amide bonds. The average Bonchev–Trinajstić information content (AvgIpc) is 2.17. The van der Waals surface area contributed by atoms with Gasteiger partial charge in [-0.05, 0) is 38.5 Å². The highest BCUT2D eigenvalue weighted by atomic mass is 16.4. The van der Waals surface area contributed by atoms with Crippen LogP contribution in [0.5, 0.6) is 0 Å².